The van der Waals surface area contributed by atoms with Crippen LogP contribution >= 0.6 is 0 Å². The van der Waals surface area contributed by atoms with E-state index in [0.29, 0.717) is 0 Å². The zero-order valence-corrected chi connectivity index (χ0v) is 5.85. The molecular formula is C8H15. The van der Waals surface area contributed by atoms with Crippen molar-refractivity contribution in [1.82, 2.24) is 0 Å². The van der Waals surface area contributed by atoms with Crippen LogP contribution in [0.15, 0.2) is 0 Å². The van der Waals surface area contributed by atoms with Crippen molar-refractivity contribution >= 4 is 0 Å². The molecule has 0 amide bonds. The first kappa shape index (κ1) is 6.12. The van der Waals surface area contributed by atoms with Crippen LogP contribution in [0.3, 0.4) is 0 Å². The van der Waals surface area contributed by atoms with E-state index in [0.717, 1.165) is 11.8 Å². The summed E-state index contributed by atoms with van der Waals surface area (Å²) >= 11 is 0. The fraction of sp³-hybridized carbons (Fsp3) is 0.875. The maximum Gasteiger partial charge on any atom is -0.0360 e. The molecule has 0 heteroatoms. The first-order chi connectivity index (χ1) is 3.88. The molecule has 1 aliphatic rings. The number of rotatable bonds is 3. The van der Waals surface area contributed by atoms with Gasteiger partial charge in [-0.15, -0.1) is 0 Å². The highest BCUT2D eigenvalue weighted by Crippen LogP contribution is 2.39. The van der Waals surface area contributed by atoms with E-state index in [1.54, 1.807) is 0 Å². The zero-order valence-electron chi connectivity index (χ0n) is 5.85. The van der Waals surface area contributed by atoms with Crippen LogP contribution in [0.25, 0.3) is 0 Å². The Hall–Kier alpha value is 0. The molecule has 0 aromatic carbocycles. The molecule has 1 fully saturated rings. The van der Waals surface area contributed by atoms with Gasteiger partial charge in [-0.2, -0.15) is 0 Å². The minimum Gasteiger partial charge on any atom is -0.0651 e. The Bertz CT molecular complexity index is 58.4. The molecule has 0 heterocycles. The van der Waals surface area contributed by atoms with Crippen LogP contribution in [0, 0.1) is 18.3 Å². The maximum atomic E-state index is 2.36. The SMILES string of the molecule is C[CH]C(CC)C1CC1. The topological polar surface area (TPSA) is 0 Å². The average Bonchev–Trinajstić information content (AvgIpc) is 2.53. The number of hydrogen-bond donors (Lipinski definition) is 0. The lowest BCUT2D eigenvalue weighted by Crippen LogP contribution is -1.98. The van der Waals surface area contributed by atoms with E-state index in [4.69, 9.17) is 0 Å². The van der Waals surface area contributed by atoms with Gasteiger partial charge in [-0.1, -0.05) is 20.3 Å². The van der Waals surface area contributed by atoms with E-state index in [1.807, 2.05) is 0 Å². The third kappa shape index (κ3) is 1.24. The first-order valence-corrected chi connectivity index (χ1v) is 3.68. The predicted octanol–water partition coefficient (Wildman–Crippen LogP) is 2.65. The first-order valence-electron chi connectivity index (χ1n) is 3.68. The second kappa shape index (κ2) is 2.52. The van der Waals surface area contributed by atoms with E-state index in [-0.39, 0.29) is 0 Å². The van der Waals surface area contributed by atoms with Crippen molar-refractivity contribution < 1.29 is 0 Å². The van der Waals surface area contributed by atoms with Crippen molar-refractivity contribution in [2.45, 2.75) is 33.1 Å². The maximum absolute atomic E-state index is 2.36. The van der Waals surface area contributed by atoms with E-state index in [9.17, 15) is 0 Å². The molecule has 1 unspecified atom stereocenters. The largest absolute Gasteiger partial charge is 0.0651 e. The van der Waals surface area contributed by atoms with Crippen molar-refractivity contribution in [1.29, 1.82) is 0 Å². The Morgan fingerprint density at radius 1 is 1.62 bits per heavy atom. The van der Waals surface area contributed by atoms with Gasteiger partial charge in [-0.3, -0.25) is 0 Å². The molecule has 0 spiro atoms. The van der Waals surface area contributed by atoms with E-state index < -0.39 is 0 Å². The molecule has 0 nitrogen and oxygen atoms in total. The third-order valence-corrected chi connectivity index (χ3v) is 2.13. The minimum atomic E-state index is 0.940. The van der Waals surface area contributed by atoms with Crippen LogP contribution in [-0.2, 0) is 0 Å². The highest BCUT2D eigenvalue weighted by atomic mass is 14.3. The molecule has 0 aromatic rings. The highest BCUT2D eigenvalue weighted by Gasteiger charge is 2.28. The lowest BCUT2D eigenvalue weighted by molar-refractivity contribution is 0.514. The lowest BCUT2D eigenvalue weighted by Gasteiger charge is -2.07. The van der Waals surface area contributed by atoms with Crippen LogP contribution in [0.4, 0.5) is 0 Å². The van der Waals surface area contributed by atoms with E-state index >= 15 is 0 Å². The molecule has 0 bridgehead atoms. The summed E-state index contributed by atoms with van der Waals surface area (Å²) in [5.41, 5.74) is 0. The smallest absolute Gasteiger partial charge is 0.0360 e. The zero-order chi connectivity index (χ0) is 5.98. The summed E-state index contributed by atoms with van der Waals surface area (Å²) in [4.78, 5) is 0. The van der Waals surface area contributed by atoms with Crippen molar-refractivity contribution in [3.05, 3.63) is 6.42 Å². The Morgan fingerprint density at radius 2 is 2.25 bits per heavy atom. The molecule has 0 aromatic heterocycles. The molecule has 1 atom stereocenters. The standard InChI is InChI=1S/C8H15/c1-3-7(4-2)8-5-6-8/h3,7-8H,4-6H2,1-2H3. The Kier molecular flexibility index (Phi) is 1.93. The molecule has 47 valence electrons. The van der Waals surface area contributed by atoms with Gasteiger partial charge in [0, 0.05) is 0 Å². The molecular weight excluding hydrogens is 96.1 g/mol. The van der Waals surface area contributed by atoms with E-state index in [2.05, 4.69) is 20.3 Å². The fourth-order valence-electron chi connectivity index (χ4n) is 1.37. The van der Waals surface area contributed by atoms with Gasteiger partial charge in [0.2, 0.25) is 0 Å². The molecule has 0 saturated heterocycles. The predicted molar refractivity (Wildman–Crippen MR) is 36.5 cm³/mol. The number of hydrogen-bond acceptors (Lipinski definition) is 0. The summed E-state index contributed by atoms with van der Waals surface area (Å²) in [6.45, 7) is 4.47. The van der Waals surface area contributed by atoms with Gasteiger partial charge in [0.25, 0.3) is 0 Å². The van der Waals surface area contributed by atoms with Gasteiger partial charge in [-0.05, 0) is 31.1 Å². The second-order valence-electron chi connectivity index (χ2n) is 2.74. The Balaban J connectivity index is 2.15. The molecule has 1 aliphatic carbocycles. The molecule has 0 aliphatic heterocycles. The molecule has 8 heavy (non-hydrogen) atoms. The van der Waals surface area contributed by atoms with Crippen molar-refractivity contribution in [3.63, 3.8) is 0 Å². The van der Waals surface area contributed by atoms with Gasteiger partial charge in [0.05, 0.1) is 0 Å². The van der Waals surface area contributed by atoms with Crippen molar-refractivity contribution in [2.24, 2.45) is 11.8 Å². The van der Waals surface area contributed by atoms with Crippen LogP contribution in [-0.4, -0.2) is 0 Å². The van der Waals surface area contributed by atoms with Gasteiger partial charge in [0.15, 0.2) is 0 Å². The molecule has 1 radical (unpaired) electrons. The molecule has 0 N–H and O–H groups in total. The normalized spacial score (nSPS) is 19.9. The summed E-state index contributed by atoms with van der Waals surface area (Å²) in [6, 6.07) is 0. The van der Waals surface area contributed by atoms with Crippen LogP contribution in [0.1, 0.15) is 33.1 Å². The summed E-state index contributed by atoms with van der Waals surface area (Å²) in [5, 5.41) is 0. The van der Waals surface area contributed by atoms with Crippen LogP contribution < -0.4 is 0 Å². The summed E-state index contributed by atoms with van der Waals surface area (Å²) in [6.07, 6.45) is 6.69. The third-order valence-electron chi connectivity index (χ3n) is 2.13. The summed E-state index contributed by atoms with van der Waals surface area (Å²) in [5.74, 6) is 2.01. The summed E-state index contributed by atoms with van der Waals surface area (Å²) in [7, 11) is 0. The van der Waals surface area contributed by atoms with Gasteiger partial charge >= 0.3 is 0 Å². The average molecular weight is 111 g/mol. The van der Waals surface area contributed by atoms with Crippen LogP contribution in [0.2, 0.25) is 0 Å². The van der Waals surface area contributed by atoms with Gasteiger partial charge in [-0.25, -0.2) is 0 Å². The van der Waals surface area contributed by atoms with Crippen molar-refractivity contribution in [2.75, 3.05) is 0 Å². The second-order valence-corrected chi connectivity index (χ2v) is 2.74. The van der Waals surface area contributed by atoms with Gasteiger partial charge < -0.3 is 0 Å². The fourth-order valence-corrected chi connectivity index (χ4v) is 1.37. The lowest BCUT2D eigenvalue weighted by atomic mass is 9.98. The van der Waals surface area contributed by atoms with Crippen LogP contribution in [0.5, 0.6) is 0 Å². The Morgan fingerprint density at radius 3 is 2.38 bits per heavy atom. The van der Waals surface area contributed by atoms with E-state index in [1.165, 1.54) is 19.3 Å². The van der Waals surface area contributed by atoms with Crippen molar-refractivity contribution in [3.8, 4) is 0 Å². The highest BCUT2D eigenvalue weighted by molar-refractivity contribution is 4.86. The monoisotopic (exact) mass is 111 g/mol. The quantitative estimate of drug-likeness (QED) is 0.525. The summed E-state index contributed by atoms with van der Waals surface area (Å²) < 4.78 is 0. The Labute approximate surface area is 52.3 Å². The molecule has 1 rings (SSSR count). The molecule has 1 saturated carbocycles. The van der Waals surface area contributed by atoms with Gasteiger partial charge in [0.1, 0.15) is 0 Å². The minimum absolute atomic E-state index is 0.940.